The first-order valence-electron chi connectivity index (χ1n) is 36.3. The van der Waals surface area contributed by atoms with Gasteiger partial charge in [0, 0.05) is 82.6 Å². The molecule has 1 aromatic heterocycles. The lowest BCUT2D eigenvalue weighted by molar-refractivity contribution is 0.109. The Morgan fingerprint density at radius 1 is 0.380 bits per heavy atom. The molecule has 1 fully saturated rings. The average Bonchev–Trinajstić information content (AvgIpc) is 0.953. The second kappa shape index (κ2) is 31.3. The molecule has 0 saturated heterocycles. The van der Waals surface area contributed by atoms with Gasteiger partial charge in [0.1, 0.15) is 34.5 Å². The summed E-state index contributed by atoms with van der Waals surface area (Å²) >= 11 is 2.97. The highest BCUT2D eigenvalue weighted by Crippen LogP contribution is 2.46. The van der Waals surface area contributed by atoms with E-state index in [1.807, 2.05) is 92.7 Å². The van der Waals surface area contributed by atoms with Gasteiger partial charge >= 0.3 is 0 Å². The van der Waals surface area contributed by atoms with Crippen LogP contribution in [0.5, 0.6) is 34.5 Å². The fraction of sp³-hybridized carbons (Fsp3) is 0.207. The molecular weight excluding hydrogens is 1400 g/mol. The van der Waals surface area contributed by atoms with Crippen LogP contribution in [0.1, 0.15) is 91.6 Å². The number of nitrogens with zero attached hydrogens (tertiary/aromatic N) is 3. The molecule has 12 aromatic carbocycles. The molecule has 13 aromatic rings. The molecule has 5 aliphatic heterocycles. The lowest BCUT2D eigenvalue weighted by atomic mass is 9.91. The van der Waals surface area contributed by atoms with Crippen LogP contribution in [0.25, 0.3) is 76.5 Å². The Morgan fingerprint density at radius 3 is 1.33 bits per heavy atom. The molecule has 6 N–H and O–H groups in total. The minimum absolute atomic E-state index is 0.0433. The van der Waals surface area contributed by atoms with Gasteiger partial charge < -0.3 is 35.4 Å². The summed E-state index contributed by atoms with van der Waals surface area (Å²) in [7, 11) is 0.0640. The predicted octanol–water partition coefficient (Wildman–Crippen LogP) is 20.9. The average molecular weight is 1490 g/mol. The van der Waals surface area contributed by atoms with E-state index in [0.29, 0.717) is 58.4 Å². The van der Waals surface area contributed by atoms with Gasteiger partial charge in [0.15, 0.2) is 0 Å². The quantitative estimate of drug-likeness (QED) is 0.0852. The van der Waals surface area contributed by atoms with Gasteiger partial charge in [-0.3, -0.25) is 18.9 Å². The number of fused-ring (bicyclic) bond motifs is 18. The molecule has 6 heterocycles. The smallest absolute Gasteiger partial charge is 0.264 e. The van der Waals surface area contributed by atoms with Crippen LogP contribution < -0.4 is 9.05 Å². The molecular formula is C92H87N3O10S3. The molecule has 19 rings (SSSR count). The zero-order valence-corrected chi connectivity index (χ0v) is 64.3. The van der Waals surface area contributed by atoms with E-state index >= 15 is 0 Å². The maximum absolute atomic E-state index is 12.5. The summed E-state index contributed by atoms with van der Waals surface area (Å²) in [5.74, 6) is 2.60. The SMILES string of the molecule is Cc1ccc2c(c1)CN(C)Cc1cc(O)ccc1-2.Cc1ccc2c(c1)CN(C1CCC1)Cc1cc(O)ccc1-2.Cc1ccc2c(c1)COCc1cc(O)ccc1-2.Cc1ccc2c(c1)CSc1cc(O)ccc1-2.Cc1ccc2c(c1)S(=O)(=O)N(C)c1cc(O)ccc1-2.Cc1ccc2c(c1)c(=O)sc1cc(O)ccc12. The van der Waals surface area contributed by atoms with Gasteiger partial charge in [-0.2, -0.15) is 0 Å². The molecule has 0 spiro atoms. The zero-order chi connectivity index (χ0) is 75.8. The van der Waals surface area contributed by atoms with Crippen molar-refractivity contribution in [3.63, 3.8) is 0 Å². The Bertz CT molecular complexity index is 5620. The van der Waals surface area contributed by atoms with Crippen LogP contribution in [-0.2, 0) is 59.9 Å². The summed E-state index contributed by atoms with van der Waals surface area (Å²) in [5, 5.41) is 60.2. The number of benzene rings is 12. The van der Waals surface area contributed by atoms with Crippen molar-refractivity contribution in [1.82, 2.24) is 9.80 Å². The number of ether oxygens (including phenoxy) is 1. The van der Waals surface area contributed by atoms with Crippen LogP contribution in [0, 0.1) is 41.5 Å². The molecule has 0 amide bonds. The van der Waals surface area contributed by atoms with Gasteiger partial charge in [0.25, 0.3) is 10.0 Å². The number of sulfonamides is 1. The number of hydrogen-bond acceptors (Lipinski definition) is 14. The minimum atomic E-state index is -3.55. The number of hydrogen-bond donors (Lipinski definition) is 6. The number of phenolic OH excluding ortho intramolecular Hbond substituents is 6. The third-order valence-corrected chi connectivity index (χ3v) is 24.7. The monoisotopic (exact) mass is 1490 g/mol. The minimum Gasteiger partial charge on any atom is -0.508 e. The summed E-state index contributed by atoms with van der Waals surface area (Å²) in [6.07, 6.45) is 3.99. The third kappa shape index (κ3) is 16.0. The number of anilines is 1. The maximum Gasteiger partial charge on any atom is 0.264 e. The first-order chi connectivity index (χ1) is 51.9. The summed E-state index contributed by atoms with van der Waals surface area (Å²) in [6.45, 7) is 17.3. The molecule has 0 bridgehead atoms. The van der Waals surface area contributed by atoms with Crippen molar-refractivity contribution in [3.05, 3.63) is 300 Å². The van der Waals surface area contributed by atoms with Crippen LogP contribution >= 0.6 is 23.1 Å². The van der Waals surface area contributed by atoms with Crippen molar-refractivity contribution < 1.29 is 43.8 Å². The molecule has 1 saturated carbocycles. The van der Waals surface area contributed by atoms with Gasteiger partial charge in [-0.1, -0.05) is 161 Å². The zero-order valence-electron chi connectivity index (χ0n) is 61.8. The number of rotatable bonds is 1. The Balaban J connectivity index is 0.000000109. The lowest BCUT2D eigenvalue weighted by Gasteiger charge is -2.37. The normalized spacial score (nSPS) is 14.7. The number of aromatic hydroxyl groups is 6. The fourth-order valence-electron chi connectivity index (χ4n) is 15.2. The van der Waals surface area contributed by atoms with Gasteiger partial charge in [-0.05, 0) is 253 Å². The van der Waals surface area contributed by atoms with Gasteiger partial charge in [-0.25, -0.2) is 8.42 Å². The van der Waals surface area contributed by atoms with Gasteiger partial charge in [-0.15, -0.1) is 11.8 Å². The summed E-state index contributed by atoms with van der Waals surface area (Å²) in [6, 6.07) is 70.8. The lowest BCUT2D eigenvalue weighted by Crippen LogP contribution is -2.38. The molecule has 548 valence electrons. The van der Waals surface area contributed by atoms with Crippen molar-refractivity contribution in [3.8, 4) is 90.1 Å². The van der Waals surface area contributed by atoms with Crippen LogP contribution in [-0.4, -0.2) is 69.0 Å². The van der Waals surface area contributed by atoms with Crippen molar-refractivity contribution in [2.24, 2.45) is 0 Å². The van der Waals surface area contributed by atoms with Crippen LogP contribution in [0.15, 0.2) is 233 Å². The van der Waals surface area contributed by atoms with E-state index in [-0.39, 0.29) is 16.2 Å². The van der Waals surface area contributed by atoms with Crippen molar-refractivity contribution in [1.29, 1.82) is 0 Å². The maximum atomic E-state index is 12.5. The first-order valence-corrected chi connectivity index (χ1v) is 39.5. The molecule has 0 unspecified atom stereocenters. The highest BCUT2D eigenvalue weighted by Gasteiger charge is 2.33. The summed E-state index contributed by atoms with van der Waals surface area (Å²) in [4.78, 5) is 18.4. The summed E-state index contributed by atoms with van der Waals surface area (Å²) in [5.41, 5.74) is 28.1. The second-order valence-electron chi connectivity index (χ2n) is 29.1. The first kappa shape index (κ1) is 74.2. The Hall–Kier alpha value is -10.7. The highest BCUT2D eigenvalue weighted by atomic mass is 32.2. The molecule has 0 radical (unpaired) electrons. The predicted molar refractivity (Wildman–Crippen MR) is 439 cm³/mol. The van der Waals surface area contributed by atoms with E-state index in [9.17, 15) is 43.9 Å². The van der Waals surface area contributed by atoms with E-state index in [1.54, 1.807) is 66.4 Å². The highest BCUT2D eigenvalue weighted by molar-refractivity contribution is 7.98. The molecule has 16 heteroatoms. The van der Waals surface area contributed by atoms with Gasteiger partial charge in [0.2, 0.25) is 4.74 Å². The van der Waals surface area contributed by atoms with E-state index in [2.05, 4.69) is 123 Å². The molecule has 1 aliphatic carbocycles. The molecule has 0 atom stereocenters. The van der Waals surface area contributed by atoms with Crippen LogP contribution in [0.2, 0.25) is 0 Å². The number of thioether (sulfide) groups is 1. The van der Waals surface area contributed by atoms with E-state index in [1.165, 1.54) is 147 Å². The standard InChI is InChI=1S/C19H21NO.C16H17NO.C15H14O2.C14H13NO3S.C14H10O2S.C14H12OS/c1-13-5-7-18-14(9-13)11-20(16-3-2-4-16)12-15-10-17(21)6-8-19(15)18;1-11-3-5-15-12(7-11)9-17(2)10-13-8-14(18)4-6-16(13)15;1-10-2-4-14-11(6-10)8-17-9-12-7-13(16)3-5-15(12)14;1-9-3-5-12-11-6-4-10(16)8-13(11)15(2)19(17,18)14(12)7-9;1-8-2-4-10-11-5-3-9(15)7-13(11)17-14(16)12(10)6-8;1-9-2-4-12-10(6-9)8-16-14-7-11(15)3-5-13(12)14/h5-10,16,21H,2-4,11-12H2,1H3;3-8,18H,9-10H2,1-2H3;2-7,16H,8-9H2,1H3;3-8,16H,1-2H3;2-7,15H,1H3;2-7,15H,8H2,1H3. The fourth-order valence-corrected chi connectivity index (χ4v) is 18.7. The summed E-state index contributed by atoms with van der Waals surface area (Å²) < 4.78 is 32.7. The van der Waals surface area contributed by atoms with Crippen molar-refractivity contribution >= 4 is 59.7 Å². The van der Waals surface area contributed by atoms with Crippen LogP contribution in [0.4, 0.5) is 5.69 Å². The van der Waals surface area contributed by atoms with E-state index < -0.39 is 10.0 Å². The van der Waals surface area contributed by atoms with Crippen LogP contribution in [0.3, 0.4) is 0 Å². The largest absolute Gasteiger partial charge is 0.508 e. The molecule has 108 heavy (non-hydrogen) atoms. The third-order valence-electron chi connectivity index (χ3n) is 20.8. The number of phenols is 6. The Labute approximate surface area is 639 Å². The number of aryl methyl sites for hydroxylation is 6. The van der Waals surface area contributed by atoms with Crippen molar-refractivity contribution in [2.45, 2.75) is 122 Å². The molecule has 13 nitrogen and oxygen atoms in total. The topological polar surface area (TPSA) is 192 Å². The van der Waals surface area contributed by atoms with Crippen molar-refractivity contribution in [2.75, 3.05) is 18.4 Å². The van der Waals surface area contributed by atoms with E-state index in [4.69, 9.17) is 4.74 Å². The second-order valence-corrected chi connectivity index (χ2v) is 33.1. The molecule has 6 aliphatic rings. The Morgan fingerprint density at radius 2 is 0.769 bits per heavy atom. The van der Waals surface area contributed by atoms with Gasteiger partial charge in [0.05, 0.1) is 23.8 Å². The van der Waals surface area contributed by atoms with E-state index in [0.717, 1.165) is 80.6 Å². The Kier molecular flexibility index (Phi) is 21.5.